The van der Waals surface area contributed by atoms with Crippen molar-refractivity contribution in [1.82, 2.24) is 14.5 Å². The van der Waals surface area contributed by atoms with Gasteiger partial charge in [-0.2, -0.15) is 0 Å². The van der Waals surface area contributed by atoms with E-state index in [9.17, 15) is 5.11 Å². The number of aromatic nitrogens is 3. The molecule has 0 saturated carbocycles. The van der Waals surface area contributed by atoms with Crippen LogP contribution in [0.5, 0.6) is 0 Å². The Morgan fingerprint density at radius 3 is 2.89 bits per heavy atom. The van der Waals surface area contributed by atoms with Gasteiger partial charge < -0.3 is 15.1 Å². The average Bonchev–Trinajstić information content (AvgIpc) is 2.92. The normalized spacial score (nSPS) is 22.3. The number of nitrogens with zero attached hydrogens (tertiary/aromatic N) is 3. The quantitative estimate of drug-likeness (QED) is 0.502. The lowest BCUT2D eigenvalue weighted by molar-refractivity contribution is 0.211. The van der Waals surface area contributed by atoms with E-state index in [-0.39, 0.29) is 6.04 Å². The summed E-state index contributed by atoms with van der Waals surface area (Å²) in [6.45, 7) is 1.78. The first-order chi connectivity index (χ1) is 9.10. The summed E-state index contributed by atoms with van der Waals surface area (Å²) in [6, 6.07) is 0.0385. The minimum absolute atomic E-state index is 0.0385. The number of hydrogen-bond donors (Lipinski definition) is 2. The zero-order valence-corrected chi connectivity index (χ0v) is 11.1. The van der Waals surface area contributed by atoms with Crippen molar-refractivity contribution in [2.75, 3.05) is 0 Å². The Bertz CT molecular complexity index is 691. The van der Waals surface area contributed by atoms with Crippen molar-refractivity contribution in [3.05, 3.63) is 34.9 Å². The van der Waals surface area contributed by atoms with E-state index in [1.807, 2.05) is 16.8 Å². The van der Waals surface area contributed by atoms with Crippen LogP contribution in [0.15, 0.2) is 18.3 Å². The third-order valence-corrected chi connectivity index (χ3v) is 3.59. The van der Waals surface area contributed by atoms with E-state index in [1.165, 1.54) is 6.21 Å². The monoisotopic (exact) mass is 276 g/mol. The van der Waals surface area contributed by atoms with Crippen LogP contribution in [0.25, 0.3) is 11.0 Å². The Morgan fingerprint density at radius 1 is 1.47 bits per heavy atom. The largest absolute Gasteiger partial charge is 0.389 e. The van der Waals surface area contributed by atoms with Crippen LogP contribution < -0.4 is 0 Å². The maximum atomic E-state index is 9.60. The maximum absolute atomic E-state index is 9.60. The minimum Gasteiger partial charge on any atom is -0.389 e. The molecule has 0 amide bonds. The second-order valence-corrected chi connectivity index (χ2v) is 5.01. The molecule has 3 rings (SSSR count). The lowest BCUT2D eigenvalue weighted by Crippen LogP contribution is -2.08. The van der Waals surface area contributed by atoms with Gasteiger partial charge in [0.05, 0.1) is 17.5 Å². The Hall–Kier alpha value is -1.72. The molecule has 0 fully saturated rings. The fraction of sp³-hybridized carbons (Fsp3) is 0.308. The molecule has 1 aliphatic rings. The first kappa shape index (κ1) is 12.3. The first-order valence-corrected chi connectivity index (χ1v) is 6.39. The van der Waals surface area contributed by atoms with E-state index >= 15 is 0 Å². The van der Waals surface area contributed by atoms with E-state index in [0.29, 0.717) is 34.0 Å². The van der Waals surface area contributed by atoms with Crippen LogP contribution in [-0.4, -0.2) is 32.0 Å². The number of nitrogens with one attached hydrogen (secondary N) is 1. The fourth-order valence-corrected chi connectivity index (χ4v) is 2.78. The molecule has 19 heavy (non-hydrogen) atoms. The SMILES string of the molecule is Cc1nc(Cl)c2c(C=N)cn([C@H]3C=C[C@@H](O)C3)c2n1. The van der Waals surface area contributed by atoms with Crippen LogP contribution in [0.4, 0.5) is 0 Å². The Kier molecular flexibility index (Phi) is 2.88. The van der Waals surface area contributed by atoms with Gasteiger partial charge in [-0.1, -0.05) is 23.8 Å². The smallest absolute Gasteiger partial charge is 0.146 e. The van der Waals surface area contributed by atoms with E-state index in [1.54, 1.807) is 13.0 Å². The highest BCUT2D eigenvalue weighted by Crippen LogP contribution is 2.31. The number of halogens is 1. The molecule has 0 saturated heterocycles. The van der Waals surface area contributed by atoms with E-state index in [4.69, 9.17) is 17.0 Å². The lowest BCUT2D eigenvalue weighted by Gasteiger charge is -2.12. The molecule has 0 bridgehead atoms. The van der Waals surface area contributed by atoms with Gasteiger partial charge >= 0.3 is 0 Å². The zero-order chi connectivity index (χ0) is 13.6. The predicted molar refractivity (Wildman–Crippen MR) is 74.0 cm³/mol. The van der Waals surface area contributed by atoms with Crippen LogP contribution in [0, 0.1) is 12.3 Å². The molecule has 0 unspecified atom stereocenters. The maximum Gasteiger partial charge on any atom is 0.146 e. The third-order valence-electron chi connectivity index (χ3n) is 3.32. The molecule has 0 spiro atoms. The molecule has 2 aromatic rings. The molecule has 0 aromatic carbocycles. The van der Waals surface area contributed by atoms with Gasteiger partial charge in [-0.25, -0.2) is 9.97 Å². The van der Waals surface area contributed by atoms with Gasteiger partial charge in [0.15, 0.2) is 0 Å². The van der Waals surface area contributed by atoms with Crippen LogP contribution in [-0.2, 0) is 0 Å². The van der Waals surface area contributed by atoms with Crippen molar-refractivity contribution in [3.8, 4) is 0 Å². The molecule has 0 radical (unpaired) electrons. The topological polar surface area (TPSA) is 74.8 Å². The van der Waals surface area contributed by atoms with Crippen LogP contribution in [0.1, 0.15) is 23.9 Å². The summed E-state index contributed by atoms with van der Waals surface area (Å²) in [5, 5.41) is 18.1. The molecule has 2 aromatic heterocycles. The summed E-state index contributed by atoms with van der Waals surface area (Å²) in [6.07, 6.45) is 6.99. The first-order valence-electron chi connectivity index (χ1n) is 6.01. The van der Waals surface area contributed by atoms with Crippen molar-refractivity contribution in [2.45, 2.75) is 25.5 Å². The standard InChI is InChI=1S/C13H13ClN4O/c1-7-16-12(14)11-8(5-15)6-18(13(11)17-7)9-2-3-10(19)4-9/h2-3,5-6,9-10,15,19H,4H2,1H3/t9-,10+/m0/s1. The highest BCUT2D eigenvalue weighted by Gasteiger charge is 2.22. The number of aliphatic hydroxyl groups excluding tert-OH is 1. The summed E-state index contributed by atoms with van der Waals surface area (Å²) in [7, 11) is 0. The van der Waals surface area contributed by atoms with Crippen LogP contribution in [0.2, 0.25) is 5.15 Å². The minimum atomic E-state index is -0.427. The fourth-order valence-electron chi connectivity index (χ4n) is 2.46. The molecule has 2 N–H and O–H groups in total. The van der Waals surface area contributed by atoms with Gasteiger partial charge in [-0.05, 0) is 6.92 Å². The lowest BCUT2D eigenvalue weighted by atomic mass is 10.2. The second kappa shape index (κ2) is 4.43. The number of hydrogen-bond acceptors (Lipinski definition) is 4. The zero-order valence-electron chi connectivity index (χ0n) is 10.3. The molecule has 2 atom stereocenters. The van der Waals surface area contributed by atoms with Gasteiger partial charge in [-0.3, -0.25) is 0 Å². The average molecular weight is 277 g/mol. The number of fused-ring (bicyclic) bond motifs is 1. The molecule has 1 aliphatic carbocycles. The predicted octanol–water partition coefficient (Wildman–Crippen LogP) is 2.25. The van der Waals surface area contributed by atoms with Crippen molar-refractivity contribution >= 4 is 28.8 Å². The summed E-state index contributed by atoms with van der Waals surface area (Å²) in [5.74, 6) is 0.593. The van der Waals surface area contributed by atoms with Gasteiger partial charge in [0, 0.05) is 24.4 Å². The van der Waals surface area contributed by atoms with E-state index in [0.717, 1.165) is 0 Å². The Morgan fingerprint density at radius 2 is 2.26 bits per heavy atom. The number of aliphatic hydroxyl groups is 1. The van der Waals surface area contributed by atoms with E-state index < -0.39 is 6.10 Å². The summed E-state index contributed by atoms with van der Waals surface area (Å²) in [5.41, 5.74) is 1.40. The molecule has 6 heteroatoms. The molecule has 2 heterocycles. The number of aryl methyl sites for hydroxylation is 1. The summed E-state index contributed by atoms with van der Waals surface area (Å²) in [4.78, 5) is 8.56. The molecular formula is C13H13ClN4O. The van der Waals surface area contributed by atoms with Crippen LogP contribution in [0.3, 0.4) is 0 Å². The highest BCUT2D eigenvalue weighted by atomic mass is 35.5. The van der Waals surface area contributed by atoms with Gasteiger partial charge in [0.25, 0.3) is 0 Å². The third kappa shape index (κ3) is 1.95. The van der Waals surface area contributed by atoms with Crippen molar-refractivity contribution in [1.29, 1.82) is 5.41 Å². The van der Waals surface area contributed by atoms with E-state index in [2.05, 4.69) is 9.97 Å². The molecule has 98 valence electrons. The van der Waals surface area contributed by atoms with Crippen molar-refractivity contribution < 1.29 is 5.11 Å². The number of allylic oxidation sites excluding steroid dienone is 1. The Labute approximate surface area is 115 Å². The van der Waals surface area contributed by atoms with Gasteiger partial charge in [0.1, 0.15) is 16.6 Å². The summed E-state index contributed by atoms with van der Waals surface area (Å²) >= 11 is 6.16. The molecule has 0 aliphatic heterocycles. The molecular weight excluding hydrogens is 264 g/mol. The number of rotatable bonds is 2. The van der Waals surface area contributed by atoms with Crippen molar-refractivity contribution in [2.24, 2.45) is 0 Å². The Balaban J connectivity index is 2.25. The van der Waals surface area contributed by atoms with Crippen LogP contribution >= 0.6 is 11.6 Å². The highest BCUT2D eigenvalue weighted by molar-refractivity contribution is 6.35. The van der Waals surface area contributed by atoms with Gasteiger partial charge in [0.2, 0.25) is 0 Å². The molecule has 5 nitrogen and oxygen atoms in total. The van der Waals surface area contributed by atoms with Gasteiger partial charge in [-0.15, -0.1) is 0 Å². The summed E-state index contributed by atoms with van der Waals surface area (Å²) < 4.78 is 1.95. The van der Waals surface area contributed by atoms with Crippen molar-refractivity contribution in [3.63, 3.8) is 0 Å². The second-order valence-electron chi connectivity index (χ2n) is 4.65.